The van der Waals surface area contributed by atoms with Crippen LogP contribution in [0.15, 0.2) is 36.4 Å². The average Bonchev–Trinajstić information content (AvgIpc) is 2.53. The molecule has 0 N–H and O–H groups in total. The van der Waals surface area contributed by atoms with Crippen molar-refractivity contribution in [1.82, 2.24) is 0 Å². The van der Waals surface area contributed by atoms with E-state index in [4.69, 9.17) is 0 Å². The van der Waals surface area contributed by atoms with Crippen molar-refractivity contribution < 1.29 is 4.79 Å². The third-order valence-electron chi connectivity index (χ3n) is 4.18. The second kappa shape index (κ2) is 8.61. The summed E-state index contributed by atoms with van der Waals surface area (Å²) in [7, 11) is 0. The van der Waals surface area contributed by atoms with Crippen LogP contribution < -0.4 is 0 Å². The van der Waals surface area contributed by atoms with Gasteiger partial charge < -0.3 is 0 Å². The van der Waals surface area contributed by atoms with E-state index in [1.54, 1.807) is 0 Å². The largest absolute Gasteiger partial charge is 0.298 e. The molecule has 0 radical (unpaired) electrons. The zero-order valence-corrected chi connectivity index (χ0v) is 13.1. The molecular weight excluding hydrogens is 256 g/mol. The van der Waals surface area contributed by atoms with Gasteiger partial charge in [-0.25, -0.2) is 0 Å². The van der Waals surface area contributed by atoms with E-state index in [0.717, 1.165) is 23.7 Å². The number of rotatable bonds is 9. The van der Waals surface area contributed by atoms with Gasteiger partial charge in [-0.05, 0) is 35.2 Å². The summed E-state index contributed by atoms with van der Waals surface area (Å²) in [6, 6.07) is 12.5. The van der Waals surface area contributed by atoms with Gasteiger partial charge in [-0.2, -0.15) is 0 Å². The van der Waals surface area contributed by atoms with Crippen molar-refractivity contribution in [3.8, 4) is 0 Å². The Morgan fingerprint density at radius 1 is 0.857 bits per heavy atom. The van der Waals surface area contributed by atoms with E-state index in [1.165, 1.54) is 55.9 Å². The maximum Gasteiger partial charge on any atom is 0.150 e. The van der Waals surface area contributed by atoms with Crippen LogP contribution in [0.25, 0.3) is 10.8 Å². The lowest BCUT2D eigenvalue weighted by atomic mass is 9.97. The van der Waals surface area contributed by atoms with Gasteiger partial charge in [-0.3, -0.25) is 4.79 Å². The van der Waals surface area contributed by atoms with Crippen LogP contribution in [-0.4, -0.2) is 6.29 Å². The lowest BCUT2D eigenvalue weighted by Crippen LogP contribution is -1.94. The first-order valence-electron chi connectivity index (χ1n) is 8.32. The molecule has 0 aliphatic heterocycles. The zero-order chi connectivity index (χ0) is 14.9. The normalized spacial score (nSPS) is 10.9. The minimum atomic E-state index is 0.861. The number of hydrogen-bond donors (Lipinski definition) is 0. The number of hydrogen-bond acceptors (Lipinski definition) is 1. The summed E-state index contributed by atoms with van der Waals surface area (Å²) in [5.74, 6) is 0. The molecule has 0 saturated heterocycles. The number of carbonyl (C=O) groups excluding carboxylic acids is 1. The van der Waals surface area contributed by atoms with E-state index < -0.39 is 0 Å². The molecule has 0 fully saturated rings. The van der Waals surface area contributed by atoms with E-state index in [2.05, 4.69) is 31.2 Å². The molecule has 0 aliphatic rings. The Labute approximate surface area is 128 Å². The Balaban J connectivity index is 1.90. The number of unbranched alkanes of at least 4 members (excludes halogenated alkanes) is 6. The van der Waals surface area contributed by atoms with Gasteiger partial charge in [-0.1, -0.05) is 75.8 Å². The highest BCUT2D eigenvalue weighted by molar-refractivity contribution is 5.90. The summed E-state index contributed by atoms with van der Waals surface area (Å²) in [5, 5.41) is 2.39. The maximum absolute atomic E-state index is 11.3. The minimum Gasteiger partial charge on any atom is -0.298 e. The predicted molar refractivity (Wildman–Crippen MR) is 91.0 cm³/mol. The molecule has 0 aliphatic carbocycles. The van der Waals surface area contributed by atoms with Crippen LogP contribution in [0.2, 0.25) is 0 Å². The van der Waals surface area contributed by atoms with Crippen molar-refractivity contribution in [3.05, 3.63) is 47.5 Å². The third kappa shape index (κ3) is 4.70. The van der Waals surface area contributed by atoms with Gasteiger partial charge in [0.25, 0.3) is 0 Å². The fourth-order valence-corrected chi connectivity index (χ4v) is 2.90. The molecule has 112 valence electrons. The fraction of sp³-hybridized carbons (Fsp3) is 0.450. The quantitative estimate of drug-likeness (QED) is 0.410. The topological polar surface area (TPSA) is 17.1 Å². The van der Waals surface area contributed by atoms with Crippen molar-refractivity contribution in [3.63, 3.8) is 0 Å². The van der Waals surface area contributed by atoms with Crippen molar-refractivity contribution in [2.45, 2.75) is 58.3 Å². The highest BCUT2D eigenvalue weighted by Crippen LogP contribution is 2.21. The molecule has 0 atom stereocenters. The molecule has 0 aromatic heterocycles. The SMILES string of the molecule is CCCCCCCCCc1cc2ccccc2cc1C=O. The third-order valence-corrected chi connectivity index (χ3v) is 4.18. The first-order chi connectivity index (χ1) is 10.3. The molecule has 0 heterocycles. The van der Waals surface area contributed by atoms with Crippen molar-refractivity contribution in [2.24, 2.45) is 0 Å². The summed E-state index contributed by atoms with van der Waals surface area (Å²) in [5.41, 5.74) is 2.07. The van der Waals surface area contributed by atoms with Crippen molar-refractivity contribution in [2.75, 3.05) is 0 Å². The van der Waals surface area contributed by atoms with Crippen LogP contribution in [0.1, 0.15) is 67.8 Å². The summed E-state index contributed by atoms with van der Waals surface area (Å²) in [6.45, 7) is 2.25. The highest BCUT2D eigenvalue weighted by atomic mass is 16.1. The monoisotopic (exact) mass is 282 g/mol. The van der Waals surface area contributed by atoms with Crippen LogP contribution >= 0.6 is 0 Å². The van der Waals surface area contributed by atoms with Gasteiger partial charge in [0, 0.05) is 5.56 Å². The van der Waals surface area contributed by atoms with Crippen LogP contribution in [-0.2, 0) is 6.42 Å². The molecule has 0 amide bonds. The van der Waals surface area contributed by atoms with Crippen LogP contribution in [0.3, 0.4) is 0 Å². The standard InChI is InChI=1S/C20H26O/c1-2-3-4-5-6-7-8-11-19-14-17-12-9-10-13-18(17)15-20(19)16-21/h9-10,12-16H,2-8,11H2,1H3. The molecule has 0 saturated carbocycles. The van der Waals surface area contributed by atoms with Gasteiger partial charge in [0.2, 0.25) is 0 Å². The van der Waals surface area contributed by atoms with Crippen molar-refractivity contribution >= 4 is 17.1 Å². The van der Waals surface area contributed by atoms with Crippen LogP contribution in [0, 0.1) is 0 Å². The highest BCUT2D eigenvalue weighted by Gasteiger charge is 2.04. The zero-order valence-electron chi connectivity index (χ0n) is 13.1. The van der Waals surface area contributed by atoms with E-state index in [0.29, 0.717) is 0 Å². The number of benzene rings is 2. The number of carbonyl (C=O) groups is 1. The number of aldehydes is 1. The Bertz CT molecular complexity index is 571. The Morgan fingerprint density at radius 2 is 1.48 bits per heavy atom. The molecule has 2 rings (SSSR count). The van der Waals surface area contributed by atoms with Crippen molar-refractivity contribution in [1.29, 1.82) is 0 Å². The molecule has 21 heavy (non-hydrogen) atoms. The maximum atomic E-state index is 11.3. The molecule has 0 bridgehead atoms. The van der Waals surface area contributed by atoms with E-state index in [1.807, 2.05) is 12.1 Å². The van der Waals surface area contributed by atoms with E-state index in [-0.39, 0.29) is 0 Å². The average molecular weight is 282 g/mol. The smallest absolute Gasteiger partial charge is 0.150 e. The van der Waals surface area contributed by atoms with Crippen LogP contribution in [0.4, 0.5) is 0 Å². The summed E-state index contributed by atoms with van der Waals surface area (Å²) in [6.07, 6.45) is 11.2. The van der Waals surface area contributed by atoms with Gasteiger partial charge in [0.1, 0.15) is 6.29 Å². The van der Waals surface area contributed by atoms with E-state index in [9.17, 15) is 4.79 Å². The Hall–Kier alpha value is -1.63. The molecule has 1 nitrogen and oxygen atoms in total. The molecule has 2 aromatic carbocycles. The molecule has 0 unspecified atom stereocenters. The molecular formula is C20H26O. The molecule has 2 aromatic rings. The molecule has 1 heteroatoms. The number of aryl methyl sites for hydroxylation is 1. The van der Waals surface area contributed by atoms with Gasteiger partial charge in [0.15, 0.2) is 0 Å². The van der Waals surface area contributed by atoms with Gasteiger partial charge in [-0.15, -0.1) is 0 Å². The van der Waals surface area contributed by atoms with Gasteiger partial charge in [0.05, 0.1) is 0 Å². The lowest BCUT2D eigenvalue weighted by molar-refractivity contribution is 0.112. The summed E-state index contributed by atoms with van der Waals surface area (Å²) in [4.78, 5) is 11.3. The van der Waals surface area contributed by atoms with Crippen LogP contribution in [0.5, 0.6) is 0 Å². The predicted octanol–water partition coefficient (Wildman–Crippen LogP) is 5.95. The summed E-state index contributed by atoms with van der Waals surface area (Å²) < 4.78 is 0. The number of fused-ring (bicyclic) bond motifs is 1. The Morgan fingerprint density at radius 3 is 2.14 bits per heavy atom. The summed E-state index contributed by atoms with van der Waals surface area (Å²) >= 11 is 0. The Kier molecular flexibility index (Phi) is 6.46. The van der Waals surface area contributed by atoms with Gasteiger partial charge >= 0.3 is 0 Å². The first kappa shape index (κ1) is 15.8. The minimum absolute atomic E-state index is 0.861. The first-order valence-corrected chi connectivity index (χ1v) is 8.32. The fourth-order valence-electron chi connectivity index (χ4n) is 2.90. The molecule has 0 spiro atoms. The second-order valence-electron chi connectivity index (χ2n) is 5.89. The lowest BCUT2D eigenvalue weighted by Gasteiger charge is -2.08. The van der Waals surface area contributed by atoms with E-state index >= 15 is 0 Å². The second-order valence-corrected chi connectivity index (χ2v) is 5.89.